The van der Waals surface area contributed by atoms with E-state index >= 15 is 0 Å². The molecule has 3 aliphatic rings. The number of hydrogen-bond acceptors (Lipinski definition) is 4. The zero-order valence-electron chi connectivity index (χ0n) is 13.2. The van der Waals surface area contributed by atoms with Crippen LogP contribution in [0.2, 0.25) is 0 Å². The summed E-state index contributed by atoms with van der Waals surface area (Å²) in [7, 11) is -1.89. The van der Waals surface area contributed by atoms with Crippen molar-refractivity contribution < 1.29 is 18.3 Å². The van der Waals surface area contributed by atoms with Crippen LogP contribution in [0.5, 0.6) is 5.75 Å². The molecule has 23 heavy (non-hydrogen) atoms. The van der Waals surface area contributed by atoms with Crippen molar-refractivity contribution in [2.45, 2.75) is 31.8 Å². The first-order valence-corrected chi connectivity index (χ1v) is 9.44. The molecular formula is C17H21NO4S. The number of β-amino-alcohol motifs (C(OH)–C–C–N with tert-alkyl or cyclic N) is 1. The number of allylic oxidation sites excluding steroid dienone is 1. The predicted molar refractivity (Wildman–Crippen MR) is 87.5 cm³/mol. The Hall–Kier alpha value is -1.37. The molecule has 124 valence electrons. The fourth-order valence-corrected chi connectivity index (χ4v) is 5.41. The normalized spacial score (nSPS) is 26.0. The molecular weight excluding hydrogens is 314 g/mol. The average Bonchev–Trinajstić information content (AvgIpc) is 3.25. The van der Waals surface area contributed by atoms with E-state index in [0.717, 1.165) is 29.7 Å². The first-order chi connectivity index (χ1) is 10.9. The van der Waals surface area contributed by atoms with Crippen LogP contribution in [0.3, 0.4) is 0 Å². The number of aliphatic hydroxyl groups excluding tert-OH is 1. The van der Waals surface area contributed by atoms with Crippen molar-refractivity contribution in [1.82, 2.24) is 4.31 Å². The number of methoxy groups -OCH3 is 1. The summed E-state index contributed by atoms with van der Waals surface area (Å²) in [6.07, 6.45) is 4.33. The van der Waals surface area contributed by atoms with Crippen molar-refractivity contribution in [2.24, 2.45) is 5.41 Å². The molecule has 1 aliphatic heterocycles. The van der Waals surface area contributed by atoms with Crippen LogP contribution in [0, 0.1) is 5.41 Å². The number of aryl methyl sites for hydroxylation is 1. The van der Waals surface area contributed by atoms with Gasteiger partial charge in [-0.15, -0.1) is 0 Å². The molecule has 2 fully saturated rings. The summed E-state index contributed by atoms with van der Waals surface area (Å²) in [6, 6.07) is 5.78. The minimum Gasteiger partial charge on any atom is -0.497 e. The molecule has 0 amide bonds. The van der Waals surface area contributed by atoms with Crippen LogP contribution in [-0.4, -0.2) is 44.1 Å². The summed E-state index contributed by atoms with van der Waals surface area (Å²) in [5.74, 6) is 0.729. The summed E-state index contributed by atoms with van der Waals surface area (Å²) in [5, 5.41) is 10.1. The quantitative estimate of drug-likeness (QED) is 0.914. The van der Waals surface area contributed by atoms with Gasteiger partial charge in [0.25, 0.3) is 0 Å². The molecule has 0 bridgehead atoms. The zero-order valence-corrected chi connectivity index (χ0v) is 14.0. The van der Waals surface area contributed by atoms with Crippen molar-refractivity contribution >= 4 is 16.1 Å². The van der Waals surface area contributed by atoms with Crippen LogP contribution in [0.4, 0.5) is 0 Å². The largest absolute Gasteiger partial charge is 0.497 e. The molecule has 4 rings (SSSR count). The van der Waals surface area contributed by atoms with Gasteiger partial charge < -0.3 is 9.84 Å². The van der Waals surface area contributed by atoms with Gasteiger partial charge in [-0.05, 0) is 55.0 Å². The molecule has 5 nitrogen and oxygen atoms in total. The predicted octanol–water partition coefficient (Wildman–Crippen LogP) is 1.77. The summed E-state index contributed by atoms with van der Waals surface area (Å²) in [5.41, 5.74) is 1.89. The van der Waals surface area contributed by atoms with E-state index in [0.29, 0.717) is 24.3 Å². The lowest BCUT2D eigenvalue weighted by atomic mass is 9.97. The molecule has 1 N–H and O–H groups in total. The Morgan fingerprint density at radius 3 is 2.74 bits per heavy atom. The standard InChI is InChI=1S/C17H21NO4S/c1-22-14-4-2-12-3-5-15(9-13(12)8-14)23(20,21)18-10-16(19)17(11-18)6-7-17/h2,4,8-9,16,19H,3,5-7,10-11H2,1H3. The zero-order chi connectivity index (χ0) is 16.2. The molecule has 1 saturated carbocycles. The van der Waals surface area contributed by atoms with Gasteiger partial charge in [0.2, 0.25) is 10.0 Å². The third-order valence-electron chi connectivity index (χ3n) is 5.45. The molecule has 1 atom stereocenters. The number of hydrogen-bond donors (Lipinski definition) is 1. The first-order valence-electron chi connectivity index (χ1n) is 8.00. The molecule has 1 aromatic rings. The van der Waals surface area contributed by atoms with E-state index in [2.05, 4.69) is 0 Å². The summed E-state index contributed by atoms with van der Waals surface area (Å²) in [4.78, 5) is 0.447. The van der Waals surface area contributed by atoms with E-state index in [4.69, 9.17) is 4.74 Å². The Balaban J connectivity index is 1.65. The number of rotatable bonds is 3. The number of aliphatic hydroxyl groups is 1. The molecule has 1 heterocycles. The van der Waals surface area contributed by atoms with E-state index in [1.165, 1.54) is 4.31 Å². The van der Waals surface area contributed by atoms with Gasteiger partial charge in [-0.3, -0.25) is 0 Å². The van der Waals surface area contributed by atoms with E-state index in [1.807, 2.05) is 18.2 Å². The lowest BCUT2D eigenvalue weighted by Gasteiger charge is -2.22. The Morgan fingerprint density at radius 1 is 1.30 bits per heavy atom. The number of ether oxygens (including phenoxy) is 1. The Morgan fingerprint density at radius 2 is 2.09 bits per heavy atom. The van der Waals surface area contributed by atoms with Crippen LogP contribution in [0.15, 0.2) is 23.1 Å². The van der Waals surface area contributed by atoms with E-state index < -0.39 is 16.1 Å². The van der Waals surface area contributed by atoms with Crippen LogP contribution in [0.1, 0.15) is 30.4 Å². The maximum Gasteiger partial charge on any atom is 0.239 e. The van der Waals surface area contributed by atoms with Gasteiger partial charge in [0, 0.05) is 18.5 Å². The maximum atomic E-state index is 12.9. The highest BCUT2D eigenvalue weighted by Crippen LogP contribution is 2.53. The summed E-state index contributed by atoms with van der Waals surface area (Å²) >= 11 is 0. The molecule has 2 aliphatic carbocycles. The van der Waals surface area contributed by atoms with Crippen LogP contribution in [-0.2, 0) is 16.4 Å². The second-order valence-electron chi connectivity index (χ2n) is 6.85. The van der Waals surface area contributed by atoms with Gasteiger partial charge in [0.15, 0.2) is 0 Å². The Labute approximate surface area is 136 Å². The number of benzene rings is 1. The minimum absolute atomic E-state index is 0.163. The minimum atomic E-state index is -3.49. The molecule has 0 aromatic heterocycles. The number of fused-ring (bicyclic) bond motifs is 1. The van der Waals surface area contributed by atoms with Crippen LogP contribution >= 0.6 is 0 Å². The monoisotopic (exact) mass is 335 g/mol. The van der Waals surface area contributed by atoms with Gasteiger partial charge in [-0.1, -0.05) is 6.07 Å². The number of sulfonamides is 1. The molecule has 1 spiro atoms. The third-order valence-corrected chi connectivity index (χ3v) is 7.39. The van der Waals surface area contributed by atoms with E-state index in [9.17, 15) is 13.5 Å². The smallest absolute Gasteiger partial charge is 0.239 e. The fourth-order valence-electron chi connectivity index (χ4n) is 3.68. The molecule has 0 radical (unpaired) electrons. The lowest BCUT2D eigenvalue weighted by molar-refractivity contribution is 0.134. The van der Waals surface area contributed by atoms with E-state index in [-0.39, 0.29) is 12.0 Å². The van der Waals surface area contributed by atoms with Crippen molar-refractivity contribution in [3.63, 3.8) is 0 Å². The van der Waals surface area contributed by atoms with Crippen molar-refractivity contribution in [2.75, 3.05) is 20.2 Å². The van der Waals surface area contributed by atoms with Gasteiger partial charge >= 0.3 is 0 Å². The van der Waals surface area contributed by atoms with Crippen LogP contribution in [0.25, 0.3) is 6.08 Å². The second kappa shape index (κ2) is 5.06. The fraction of sp³-hybridized carbons (Fsp3) is 0.529. The maximum absolute atomic E-state index is 12.9. The highest BCUT2D eigenvalue weighted by atomic mass is 32.2. The van der Waals surface area contributed by atoms with Crippen molar-refractivity contribution in [3.05, 3.63) is 34.2 Å². The molecule has 1 aromatic carbocycles. The lowest BCUT2D eigenvalue weighted by Crippen LogP contribution is -2.31. The summed E-state index contributed by atoms with van der Waals surface area (Å²) < 4.78 is 32.6. The van der Waals surface area contributed by atoms with Crippen LogP contribution < -0.4 is 4.74 Å². The van der Waals surface area contributed by atoms with Gasteiger partial charge in [0.1, 0.15) is 5.75 Å². The van der Waals surface area contributed by atoms with Crippen molar-refractivity contribution in [1.29, 1.82) is 0 Å². The first kappa shape index (κ1) is 15.2. The topological polar surface area (TPSA) is 66.8 Å². The Kier molecular flexibility index (Phi) is 3.34. The highest BCUT2D eigenvalue weighted by molar-refractivity contribution is 7.93. The van der Waals surface area contributed by atoms with Gasteiger partial charge in [0.05, 0.1) is 18.1 Å². The third kappa shape index (κ3) is 2.40. The second-order valence-corrected chi connectivity index (χ2v) is 8.84. The molecule has 1 saturated heterocycles. The molecule has 6 heteroatoms. The molecule has 1 unspecified atom stereocenters. The average molecular weight is 335 g/mol. The van der Waals surface area contributed by atoms with Gasteiger partial charge in [-0.25, -0.2) is 8.42 Å². The van der Waals surface area contributed by atoms with Gasteiger partial charge in [-0.2, -0.15) is 4.31 Å². The SMILES string of the molecule is COc1ccc2c(c1)C=C(S(=O)(=O)N1CC(O)C3(CC3)C1)CC2. The highest BCUT2D eigenvalue weighted by Gasteiger charge is 2.57. The van der Waals surface area contributed by atoms with Crippen molar-refractivity contribution in [3.8, 4) is 5.75 Å². The van der Waals surface area contributed by atoms with E-state index in [1.54, 1.807) is 13.2 Å². The number of nitrogens with zero attached hydrogens (tertiary/aromatic N) is 1. The Bertz CT molecular complexity index is 780. The summed E-state index contributed by atoms with van der Waals surface area (Å²) in [6.45, 7) is 0.684.